The van der Waals surface area contributed by atoms with E-state index >= 15 is 0 Å². The highest BCUT2D eigenvalue weighted by Gasteiger charge is 2.42. The van der Waals surface area contributed by atoms with Crippen molar-refractivity contribution in [1.82, 2.24) is 0 Å². The Bertz CT molecular complexity index is 622. The van der Waals surface area contributed by atoms with E-state index < -0.39 is 17.8 Å². The molecule has 1 aliphatic rings. The van der Waals surface area contributed by atoms with Crippen molar-refractivity contribution in [2.75, 3.05) is 6.61 Å². The topological polar surface area (TPSA) is 60.4 Å². The van der Waals surface area contributed by atoms with E-state index in [2.05, 4.69) is 12.1 Å². The average Bonchev–Trinajstić information content (AvgIpc) is 2.85. The Morgan fingerprint density at radius 1 is 1.09 bits per heavy atom. The van der Waals surface area contributed by atoms with Crippen LogP contribution < -0.4 is 0 Å². The fraction of sp³-hybridized carbons (Fsp3) is 0.526. The van der Waals surface area contributed by atoms with Gasteiger partial charge in [-0.2, -0.15) is 0 Å². The van der Waals surface area contributed by atoms with Gasteiger partial charge in [0.15, 0.2) is 0 Å². The van der Waals surface area contributed by atoms with Gasteiger partial charge in [0.05, 0.1) is 12.5 Å². The van der Waals surface area contributed by atoms with E-state index in [1.807, 2.05) is 20.8 Å². The zero-order valence-corrected chi connectivity index (χ0v) is 14.3. The monoisotopic (exact) mass is 316 g/mol. The van der Waals surface area contributed by atoms with Gasteiger partial charge >= 0.3 is 5.97 Å². The molecule has 4 nitrogen and oxygen atoms in total. The van der Waals surface area contributed by atoms with Crippen LogP contribution >= 0.6 is 0 Å². The standard InChI is InChI=1S/C19H24O4/c1-5-23-19(22)17-9-14(20)8-16(17)18(21)10-15-12(3)6-11(2)7-13(15)4/h6-7,16-17H,5,8-10H2,1-4H3/t16-,17?/m1/s1. The second kappa shape index (κ2) is 7.07. The molecule has 0 saturated heterocycles. The van der Waals surface area contributed by atoms with Gasteiger partial charge in [0.25, 0.3) is 0 Å². The first-order valence-electron chi connectivity index (χ1n) is 8.11. The van der Waals surface area contributed by atoms with E-state index in [1.165, 1.54) is 0 Å². The molecule has 0 heterocycles. The van der Waals surface area contributed by atoms with Crippen molar-refractivity contribution in [3.05, 3.63) is 34.4 Å². The molecule has 1 unspecified atom stereocenters. The maximum absolute atomic E-state index is 12.7. The smallest absolute Gasteiger partial charge is 0.310 e. The second-order valence-corrected chi connectivity index (χ2v) is 6.43. The fourth-order valence-corrected chi connectivity index (χ4v) is 3.49. The van der Waals surface area contributed by atoms with Gasteiger partial charge in [0.2, 0.25) is 0 Å². The molecule has 1 aromatic carbocycles. The zero-order valence-electron chi connectivity index (χ0n) is 14.3. The van der Waals surface area contributed by atoms with Crippen LogP contribution in [0, 0.1) is 32.6 Å². The van der Waals surface area contributed by atoms with E-state index in [1.54, 1.807) is 6.92 Å². The van der Waals surface area contributed by atoms with E-state index in [-0.39, 0.29) is 37.4 Å². The number of Topliss-reactive ketones (excluding diaryl/α,β-unsaturated/α-hetero) is 2. The maximum Gasteiger partial charge on any atom is 0.310 e. The molecule has 23 heavy (non-hydrogen) atoms. The predicted molar refractivity (Wildman–Crippen MR) is 87.2 cm³/mol. The zero-order chi connectivity index (χ0) is 17.1. The van der Waals surface area contributed by atoms with Crippen molar-refractivity contribution < 1.29 is 19.1 Å². The van der Waals surface area contributed by atoms with Crippen molar-refractivity contribution in [3.8, 4) is 0 Å². The molecule has 0 radical (unpaired) electrons. The van der Waals surface area contributed by atoms with Gasteiger partial charge in [0.1, 0.15) is 11.6 Å². The Labute approximate surface area is 137 Å². The summed E-state index contributed by atoms with van der Waals surface area (Å²) in [4.78, 5) is 36.5. The summed E-state index contributed by atoms with van der Waals surface area (Å²) >= 11 is 0. The molecule has 1 fully saturated rings. The normalized spacial score (nSPS) is 20.6. The van der Waals surface area contributed by atoms with Crippen LogP contribution in [0.4, 0.5) is 0 Å². The van der Waals surface area contributed by atoms with Crippen molar-refractivity contribution in [1.29, 1.82) is 0 Å². The maximum atomic E-state index is 12.7. The number of hydrogen-bond donors (Lipinski definition) is 0. The van der Waals surface area contributed by atoms with Crippen molar-refractivity contribution in [2.45, 2.75) is 47.0 Å². The molecule has 0 aromatic heterocycles. The third kappa shape index (κ3) is 3.87. The Hall–Kier alpha value is -1.97. The van der Waals surface area contributed by atoms with Gasteiger partial charge in [-0.05, 0) is 44.4 Å². The first-order valence-corrected chi connectivity index (χ1v) is 8.11. The summed E-state index contributed by atoms with van der Waals surface area (Å²) in [7, 11) is 0. The Kier molecular flexibility index (Phi) is 5.34. The molecule has 0 N–H and O–H groups in total. The Morgan fingerprint density at radius 3 is 2.22 bits per heavy atom. The first-order chi connectivity index (χ1) is 10.8. The minimum Gasteiger partial charge on any atom is -0.466 e. The van der Waals surface area contributed by atoms with Gasteiger partial charge < -0.3 is 4.74 Å². The molecule has 2 rings (SSSR count). The van der Waals surface area contributed by atoms with Crippen LogP contribution in [0.15, 0.2) is 12.1 Å². The van der Waals surface area contributed by atoms with Gasteiger partial charge in [-0.1, -0.05) is 17.7 Å². The highest BCUT2D eigenvalue weighted by molar-refractivity contribution is 5.98. The van der Waals surface area contributed by atoms with Crippen LogP contribution in [0.3, 0.4) is 0 Å². The highest BCUT2D eigenvalue weighted by Crippen LogP contribution is 2.32. The number of ether oxygens (including phenoxy) is 1. The summed E-state index contributed by atoms with van der Waals surface area (Å²) in [5.74, 6) is -1.64. The molecule has 0 aliphatic heterocycles. The molecule has 1 saturated carbocycles. The van der Waals surface area contributed by atoms with E-state index in [4.69, 9.17) is 4.74 Å². The number of hydrogen-bond acceptors (Lipinski definition) is 4. The van der Waals surface area contributed by atoms with Crippen LogP contribution in [0.5, 0.6) is 0 Å². The van der Waals surface area contributed by atoms with Gasteiger partial charge in [-0.3, -0.25) is 14.4 Å². The molecule has 0 amide bonds. The lowest BCUT2D eigenvalue weighted by Gasteiger charge is -2.18. The minimum absolute atomic E-state index is 0.0289. The summed E-state index contributed by atoms with van der Waals surface area (Å²) in [5.41, 5.74) is 4.32. The average molecular weight is 316 g/mol. The van der Waals surface area contributed by atoms with Crippen LogP contribution in [0.1, 0.15) is 42.0 Å². The lowest BCUT2D eigenvalue weighted by molar-refractivity contribution is -0.151. The molecule has 0 spiro atoms. The van der Waals surface area contributed by atoms with E-state index in [0.717, 1.165) is 22.3 Å². The largest absolute Gasteiger partial charge is 0.466 e. The number of rotatable bonds is 5. The van der Waals surface area contributed by atoms with Crippen molar-refractivity contribution >= 4 is 17.5 Å². The lowest BCUT2D eigenvalue weighted by Crippen LogP contribution is -2.28. The number of aryl methyl sites for hydroxylation is 3. The molecule has 124 valence electrons. The molecular weight excluding hydrogens is 292 g/mol. The summed E-state index contributed by atoms with van der Waals surface area (Å²) in [6.07, 6.45) is 0.555. The summed E-state index contributed by atoms with van der Waals surface area (Å²) < 4.78 is 5.02. The third-order valence-electron chi connectivity index (χ3n) is 4.58. The van der Waals surface area contributed by atoms with Crippen molar-refractivity contribution in [2.24, 2.45) is 11.8 Å². The summed E-state index contributed by atoms with van der Waals surface area (Å²) in [6, 6.07) is 4.11. The fourth-order valence-electron chi connectivity index (χ4n) is 3.49. The minimum atomic E-state index is -0.610. The molecule has 1 aromatic rings. The molecule has 2 atom stereocenters. The van der Waals surface area contributed by atoms with Crippen LogP contribution in [-0.2, 0) is 25.5 Å². The SMILES string of the molecule is CCOC(=O)C1CC(=O)C[C@H]1C(=O)Cc1c(C)cc(C)cc1C. The van der Waals surface area contributed by atoms with E-state index in [9.17, 15) is 14.4 Å². The van der Waals surface area contributed by atoms with Crippen LogP contribution in [-0.4, -0.2) is 24.1 Å². The van der Waals surface area contributed by atoms with Gasteiger partial charge in [-0.15, -0.1) is 0 Å². The second-order valence-electron chi connectivity index (χ2n) is 6.43. The van der Waals surface area contributed by atoms with Gasteiger partial charge in [0, 0.05) is 25.2 Å². The molecule has 1 aliphatic carbocycles. The van der Waals surface area contributed by atoms with E-state index in [0.29, 0.717) is 0 Å². The Balaban J connectivity index is 2.19. The van der Waals surface area contributed by atoms with Crippen LogP contribution in [0.25, 0.3) is 0 Å². The highest BCUT2D eigenvalue weighted by atomic mass is 16.5. The van der Waals surface area contributed by atoms with Crippen LogP contribution in [0.2, 0.25) is 0 Å². The summed E-state index contributed by atoms with van der Waals surface area (Å²) in [6.45, 7) is 8.00. The Morgan fingerprint density at radius 2 is 1.65 bits per heavy atom. The number of ketones is 2. The number of carbonyl (C=O) groups excluding carboxylic acids is 3. The first kappa shape index (κ1) is 17.4. The summed E-state index contributed by atoms with van der Waals surface area (Å²) in [5, 5.41) is 0. The lowest BCUT2D eigenvalue weighted by atomic mass is 9.86. The molecule has 0 bridgehead atoms. The van der Waals surface area contributed by atoms with Crippen molar-refractivity contribution in [3.63, 3.8) is 0 Å². The quantitative estimate of drug-likeness (QED) is 0.784. The molecule has 4 heteroatoms. The number of carbonyl (C=O) groups is 3. The number of benzene rings is 1. The predicted octanol–water partition coefficient (Wildman–Crippen LogP) is 2.88. The van der Waals surface area contributed by atoms with Gasteiger partial charge in [-0.25, -0.2) is 0 Å². The number of esters is 1. The molecular formula is C19H24O4. The third-order valence-corrected chi connectivity index (χ3v) is 4.58.